The van der Waals surface area contributed by atoms with Crippen molar-refractivity contribution < 1.29 is 4.79 Å². The molecule has 0 saturated heterocycles. The molecular formula is C15H15ClN2O. The van der Waals surface area contributed by atoms with E-state index in [1.54, 1.807) is 18.2 Å². The summed E-state index contributed by atoms with van der Waals surface area (Å²) in [7, 11) is 0. The van der Waals surface area contributed by atoms with E-state index in [0.29, 0.717) is 23.7 Å². The van der Waals surface area contributed by atoms with Gasteiger partial charge in [0.05, 0.1) is 6.42 Å². The minimum absolute atomic E-state index is 0.0504. The second kappa shape index (κ2) is 6.25. The molecule has 0 spiro atoms. The highest BCUT2D eigenvalue weighted by atomic mass is 35.5. The van der Waals surface area contributed by atoms with Crippen molar-refractivity contribution in [2.45, 2.75) is 13.0 Å². The quantitative estimate of drug-likeness (QED) is 0.843. The topological polar surface area (TPSA) is 55.1 Å². The van der Waals surface area contributed by atoms with Gasteiger partial charge in [0.25, 0.3) is 0 Å². The predicted octanol–water partition coefficient (Wildman–Crippen LogP) is 2.78. The van der Waals surface area contributed by atoms with Crippen LogP contribution in [-0.2, 0) is 17.8 Å². The standard InChI is InChI=1S/C15H15ClN2O/c16-14-7-2-1-5-12(14)10-18-15(19)9-11-4-3-6-13(17)8-11/h1-8H,9-10,17H2,(H,18,19). The summed E-state index contributed by atoms with van der Waals surface area (Å²) >= 11 is 6.02. The summed E-state index contributed by atoms with van der Waals surface area (Å²) in [5.41, 5.74) is 8.14. The Kier molecular flexibility index (Phi) is 4.42. The first-order chi connectivity index (χ1) is 9.15. The van der Waals surface area contributed by atoms with E-state index in [-0.39, 0.29) is 5.91 Å². The Balaban J connectivity index is 1.90. The Hall–Kier alpha value is -2.00. The molecule has 3 N–H and O–H groups in total. The normalized spacial score (nSPS) is 10.2. The van der Waals surface area contributed by atoms with E-state index in [0.717, 1.165) is 11.1 Å². The van der Waals surface area contributed by atoms with Crippen LogP contribution in [-0.4, -0.2) is 5.91 Å². The Labute approximate surface area is 117 Å². The van der Waals surface area contributed by atoms with Gasteiger partial charge in [-0.3, -0.25) is 4.79 Å². The molecule has 4 heteroatoms. The van der Waals surface area contributed by atoms with Crippen molar-refractivity contribution in [3.63, 3.8) is 0 Å². The summed E-state index contributed by atoms with van der Waals surface area (Å²) in [6.45, 7) is 0.431. The number of anilines is 1. The highest BCUT2D eigenvalue weighted by Gasteiger charge is 2.05. The molecule has 0 aliphatic rings. The summed E-state index contributed by atoms with van der Waals surface area (Å²) in [6, 6.07) is 14.8. The molecule has 2 rings (SSSR count). The fourth-order valence-corrected chi connectivity index (χ4v) is 1.99. The van der Waals surface area contributed by atoms with Crippen LogP contribution < -0.4 is 11.1 Å². The molecule has 0 aliphatic heterocycles. The van der Waals surface area contributed by atoms with Crippen LogP contribution in [0.15, 0.2) is 48.5 Å². The Bertz CT molecular complexity index is 584. The molecule has 0 aromatic heterocycles. The van der Waals surface area contributed by atoms with E-state index in [1.165, 1.54) is 0 Å². The highest BCUT2D eigenvalue weighted by Crippen LogP contribution is 2.14. The third kappa shape index (κ3) is 4.00. The van der Waals surface area contributed by atoms with E-state index in [1.807, 2.05) is 30.3 Å². The number of amides is 1. The predicted molar refractivity (Wildman–Crippen MR) is 77.9 cm³/mol. The molecule has 0 unspecified atom stereocenters. The van der Waals surface area contributed by atoms with Crippen LogP contribution in [0.5, 0.6) is 0 Å². The van der Waals surface area contributed by atoms with Crippen molar-refractivity contribution >= 4 is 23.2 Å². The molecule has 19 heavy (non-hydrogen) atoms. The lowest BCUT2D eigenvalue weighted by Crippen LogP contribution is -2.24. The van der Waals surface area contributed by atoms with Gasteiger partial charge in [0, 0.05) is 17.3 Å². The lowest BCUT2D eigenvalue weighted by molar-refractivity contribution is -0.120. The van der Waals surface area contributed by atoms with Gasteiger partial charge in [0.15, 0.2) is 0 Å². The lowest BCUT2D eigenvalue weighted by Gasteiger charge is -2.07. The molecule has 0 radical (unpaired) electrons. The number of carbonyl (C=O) groups excluding carboxylic acids is 1. The molecule has 2 aromatic rings. The van der Waals surface area contributed by atoms with Gasteiger partial charge in [-0.1, -0.05) is 41.9 Å². The van der Waals surface area contributed by atoms with Crippen molar-refractivity contribution in [1.82, 2.24) is 5.32 Å². The molecule has 0 bridgehead atoms. The van der Waals surface area contributed by atoms with Crippen LogP contribution in [0.25, 0.3) is 0 Å². The van der Waals surface area contributed by atoms with Gasteiger partial charge in [-0.2, -0.15) is 0 Å². The number of rotatable bonds is 4. The van der Waals surface area contributed by atoms with Crippen molar-refractivity contribution in [3.8, 4) is 0 Å². The van der Waals surface area contributed by atoms with E-state index in [2.05, 4.69) is 5.32 Å². The van der Waals surface area contributed by atoms with Gasteiger partial charge >= 0.3 is 0 Å². The van der Waals surface area contributed by atoms with Gasteiger partial charge in [-0.05, 0) is 29.3 Å². The van der Waals surface area contributed by atoms with E-state index in [9.17, 15) is 4.79 Å². The molecule has 0 saturated carbocycles. The second-order valence-corrected chi connectivity index (χ2v) is 4.70. The molecular weight excluding hydrogens is 260 g/mol. The summed E-state index contributed by atoms with van der Waals surface area (Å²) in [4.78, 5) is 11.8. The van der Waals surface area contributed by atoms with Crippen molar-refractivity contribution in [2.75, 3.05) is 5.73 Å². The monoisotopic (exact) mass is 274 g/mol. The fraction of sp³-hybridized carbons (Fsp3) is 0.133. The number of benzene rings is 2. The zero-order valence-electron chi connectivity index (χ0n) is 10.4. The molecule has 0 heterocycles. The zero-order valence-corrected chi connectivity index (χ0v) is 11.2. The fourth-order valence-electron chi connectivity index (χ4n) is 1.79. The van der Waals surface area contributed by atoms with Gasteiger partial charge in [-0.25, -0.2) is 0 Å². The molecule has 0 atom stereocenters. The van der Waals surface area contributed by atoms with Crippen LogP contribution in [0.3, 0.4) is 0 Å². The van der Waals surface area contributed by atoms with Crippen molar-refractivity contribution in [1.29, 1.82) is 0 Å². The number of hydrogen-bond donors (Lipinski definition) is 2. The van der Waals surface area contributed by atoms with Crippen molar-refractivity contribution in [2.24, 2.45) is 0 Å². The smallest absolute Gasteiger partial charge is 0.224 e. The van der Waals surface area contributed by atoms with Crippen LogP contribution in [0, 0.1) is 0 Å². The van der Waals surface area contributed by atoms with Gasteiger partial charge in [0.2, 0.25) is 5.91 Å². The number of hydrogen-bond acceptors (Lipinski definition) is 2. The van der Waals surface area contributed by atoms with Gasteiger partial charge in [0.1, 0.15) is 0 Å². The van der Waals surface area contributed by atoms with E-state index >= 15 is 0 Å². The van der Waals surface area contributed by atoms with Gasteiger partial charge in [-0.15, -0.1) is 0 Å². The zero-order chi connectivity index (χ0) is 13.7. The summed E-state index contributed by atoms with van der Waals surface area (Å²) < 4.78 is 0. The second-order valence-electron chi connectivity index (χ2n) is 4.29. The Morgan fingerprint density at radius 2 is 1.95 bits per heavy atom. The molecule has 3 nitrogen and oxygen atoms in total. The van der Waals surface area contributed by atoms with Crippen LogP contribution in [0.4, 0.5) is 5.69 Å². The largest absolute Gasteiger partial charge is 0.399 e. The summed E-state index contributed by atoms with van der Waals surface area (Å²) in [5, 5.41) is 3.50. The third-order valence-electron chi connectivity index (χ3n) is 2.75. The van der Waals surface area contributed by atoms with Crippen molar-refractivity contribution in [3.05, 3.63) is 64.7 Å². The molecule has 0 fully saturated rings. The molecule has 2 aromatic carbocycles. The van der Waals surface area contributed by atoms with Crippen LogP contribution in [0.2, 0.25) is 5.02 Å². The average molecular weight is 275 g/mol. The number of halogens is 1. The molecule has 1 amide bonds. The molecule has 0 aliphatic carbocycles. The SMILES string of the molecule is Nc1cccc(CC(=O)NCc2ccccc2Cl)c1. The number of carbonyl (C=O) groups is 1. The molecule has 98 valence electrons. The Morgan fingerprint density at radius 3 is 2.68 bits per heavy atom. The number of nitrogen functional groups attached to an aromatic ring is 1. The van der Waals surface area contributed by atoms with Crippen LogP contribution >= 0.6 is 11.6 Å². The van der Waals surface area contributed by atoms with E-state index < -0.39 is 0 Å². The van der Waals surface area contributed by atoms with Crippen LogP contribution in [0.1, 0.15) is 11.1 Å². The first-order valence-electron chi connectivity index (χ1n) is 5.99. The third-order valence-corrected chi connectivity index (χ3v) is 3.12. The average Bonchev–Trinajstić information content (AvgIpc) is 2.38. The first-order valence-corrected chi connectivity index (χ1v) is 6.37. The minimum Gasteiger partial charge on any atom is -0.399 e. The lowest BCUT2D eigenvalue weighted by atomic mass is 10.1. The minimum atomic E-state index is -0.0504. The summed E-state index contributed by atoms with van der Waals surface area (Å²) in [5.74, 6) is -0.0504. The summed E-state index contributed by atoms with van der Waals surface area (Å²) in [6.07, 6.45) is 0.315. The van der Waals surface area contributed by atoms with E-state index in [4.69, 9.17) is 17.3 Å². The number of nitrogens with two attached hydrogens (primary N) is 1. The Morgan fingerprint density at radius 1 is 1.16 bits per heavy atom. The highest BCUT2D eigenvalue weighted by molar-refractivity contribution is 6.31. The maximum Gasteiger partial charge on any atom is 0.224 e. The maximum atomic E-state index is 11.8. The first kappa shape index (κ1) is 13.4. The maximum absolute atomic E-state index is 11.8. The van der Waals surface area contributed by atoms with Gasteiger partial charge < -0.3 is 11.1 Å². The number of nitrogens with one attached hydrogen (secondary N) is 1.